The summed E-state index contributed by atoms with van der Waals surface area (Å²) in [5.41, 5.74) is -0.0142. The van der Waals surface area contributed by atoms with Gasteiger partial charge in [-0.2, -0.15) is 0 Å². The van der Waals surface area contributed by atoms with Crippen LogP contribution in [0.3, 0.4) is 0 Å². The summed E-state index contributed by atoms with van der Waals surface area (Å²) in [6.07, 6.45) is 0.981. The predicted octanol–water partition coefficient (Wildman–Crippen LogP) is 1.72. The highest BCUT2D eigenvalue weighted by Gasteiger charge is 2.24. The number of hydrogen-bond acceptors (Lipinski definition) is 3. The van der Waals surface area contributed by atoms with Gasteiger partial charge in [0.2, 0.25) is 0 Å². The van der Waals surface area contributed by atoms with Crippen molar-refractivity contribution in [3.05, 3.63) is 0 Å². The van der Waals surface area contributed by atoms with Crippen molar-refractivity contribution in [2.75, 3.05) is 0 Å². The van der Waals surface area contributed by atoms with Gasteiger partial charge in [-0.3, -0.25) is 0 Å². The summed E-state index contributed by atoms with van der Waals surface area (Å²) >= 11 is 0. The molecule has 0 rings (SSSR count). The Morgan fingerprint density at radius 1 is 0.933 bits per heavy atom. The van der Waals surface area contributed by atoms with Crippen LogP contribution < -0.4 is 10.6 Å². The Kier molecular flexibility index (Phi) is 4.94. The molecule has 0 saturated heterocycles. The van der Waals surface area contributed by atoms with Gasteiger partial charge in [0.25, 0.3) is 0 Å². The number of carbonyl (C=O) groups is 1. The van der Waals surface area contributed by atoms with Gasteiger partial charge in [0.1, 0.15) is 6.29 Å². The fraction of sp³-hybridized carbons (Fsp3) is 0.917. The second kappa shape index (κ2) is 5.08. The number of hydrogen-bond donors (Lipinski definition) is 2. The monoisotopic (exact) mass is 214 g/mol. The van der Waals surface area contributed by atoms with Crippen LogP contribution in [0.5, 0.6) is 0 Å². The van der Waals surface area contributed by atoms with Crippen molar-refractivity contribution < 1.29 is 4.79 Å². The number of carbonyl (C=O) groups excluding carboxylic acids is 1. The van der Waals surface area contributed by atoms with E-state index < -0.39 is 0 Å². The summed E-state index contributed by atoms with van der Waals surface area (Å²) in [7, 11) is 0. The minimum atomic E-state index is -0.149. The van der Waals surface area contributed by atoms with E-state index in [4.69, 9.17) is 0 Å². The minimum Gasteiger partial charge on any atom is -0.308 e. The molecular formula is C12H26N2O. The molecule has 0 radical (unpaired) electrons. The summed E-state index contributed by atoms with van der Waals surface area (Å²) in [6.45, 7) is 14.5. The molecule has 0 unspecified atom stereocenters. The molecule has 0 amide bonds. The second-order valence-electron chi connectivity index (χ2n) is 6.24. The Morgan fingerprint density at radius 3 is 1.60 bits per heavy atom. The lowest BCUT2D eigenvalue weighted by molar-refractivity contribution is -0.110. The van der Waals surface area contributed by atoms with Crippen LogP contribution in [-0.4, -0.2) is 29.4 Å². The zero-order valence-corrected chi connectivity index (χ0v) is 11.1. The fourth-order valence-corrected chi connectivity index (χ4v) is 1.55. The quantitative estimate of drug-likeness (QED) is 0.700. The van der Waals surface area contributed by atoms with Crippen LogP contribution in [0.15, 0.2) is 0 Å². The number of rotatable bonds is 4. The van der Waals surface area contributed by atoms with Crippen molar-refractivity contribution >= 4 is 6.29 Å². The molecule has 0 aliphatic rings. The normalized spacial score (nSPS) is 17.3. The summed E-state index contributed by atoms with van der Waals surface area (Å²) < 4.78 is 0. The zero-order valence-electron chi connectivity index (χ0n) is 11.1. The highest BCUT2D eigenvalue weighted by atomic mass is 16.1. The van der Waals surface area contributed by atoms with E-state index in [1.165, 1.54) is 0 Å². The third-order valence-corrected chi connectivity index (χ3v) is 1.95. The van der Waals surface area contributed by atoms with Crippen molar-refractivity contribution in [3.63, 3.8) is 0 Å². The molecular weight excluding hydrogens is 188 g/mol. The number of nitrogens with one attached hydrogen (secondary N) is 2. The zero-order chi connectivity index (χ0) is 12.3. The standard InChI is InChI=1S/C12H26N2O/c1-9(13-11(2,3)4)10(8-15)14-12(5,6)7/h8-10,13-14H,1-7H3/t9-,10-/m0/s1. The predicted molar refractivity (Wildman–Crippen MR) is 65.1 cm³/mol. The van der Waals surface area contributed by atoms with Gasteiger partial charge < -0.3 is 15.4 Å². The van der Waals surface area contributed by atoms with Crippen molar-refractivity contribution in [1.29, 1.82) is 0 Å². The van der Waals surface area contributed by atoms with E-state index in [-0.39, 0.29) is 23.2 Å². The van der Waals surface area contributed by atoms with Crippen LogP contribution in [0, 0.1) is 0 Å². The molecule has 0 aromatic heterocycles. The Hall–Kier alpha value is -0.410. The SMILES string of the molecule is C[C@H](NC(C)(C)C)[C@H](C=O)NC(C)(C)C. The van der Waals surface area contributed by atoms with Gasteiger partial charge in [-0.15, -0.1) is 0 Å². The average Bonchev–Trinajstić information content (AvgIpc) is 1.94. The van der Waals surface area contributed by atoms with Gasteiger partial charge in [-0.25, -0.2) is 0 Å². The molecule has 2 N–H and O–H groups in total. The van der Waals surface area contributed by atoms with Gasteiger partial charge >= 0.3 is 0 Å². The third-order valence-electron chi connectivity index (χ3n) is 1.95. The van der Waals surface area contributed by atoms with E-state index in [0.29, 0.717) is 0 Å². The Bertz CT molecular complexity index is 201. The van der Waals surface area contributed by atoms with Gasteiger partial charge in [-0.05, 0) is 48.5 Å². The van der Waals surface area contributed by atoms with E-state index in [9.17, 15) is 4.79 Å². The molecule has 0 bridgehead atoms. The lowest BCUT2D eigenvalue weighted by Crippen LogP contribution is -2.57. The first-order valence-electron chi connectivity index (χ1n) is 5.56. The van der Waals surface area contributed by atoms with Crippen molar-refractivity contribution in [1.82, 2.24) is 10.6 Å². The van der Waals surface area contributed by atoms with Gasteiger partial charge in [0.05, 0.1) is 6.04 Å². The maximum Gasteiger partial charge on any atom is 0.138 e. The molecule has 0 aromatic rings. The van der Waals surface area contributed by atoms with Crippen LogP contribution in [0.2, 0.25) is 0 Å². The maximum atomic E-state index is 11.0. The molecule has 15 heavy (non-hydrogen) atoms. The lowest BCUT2D eigenvalue weighted by Gasteiger charge is -2.33. The summed E-state index contributed by atoms with van der Waals surface area (Å²) in [5, 5.41) is 6.70. The van der Waals surface area contributed by atoms with Crippen molar-refractivity contribution in [2.45, 2.75) is 71.6 Å². The molecule has 0 aliphatic carbocycles. The highest BCUT2D eigenvalue weighted by molar-refractivity contribution is 5.59. The van der Waals surface area contributed by atoms with Crippen LogP contribution in [0.25, 0.3) is 0 Å². The topological polar surface area (TPSA) is 41.1 Å². The molecule has 0 aromatic carbocycles. The summed E-state index contributed by atoms with van der Waals surface area (Å²) in [4.78, 5) is 11.0. The first-order chi connectivity index (χ1) is 6.55. The maximum absolute atomic E-state index is 11.0. The van der Waals surface area contributed by atoms with Gasteiger partial charge in [-0.1, -0.05) is 0 Å². The van der Waals surface area contributed by atoms with Crippen LogP contribution in [0.4, 0.5) is 0 Å². The van der Waals surface area contributed by atoms with Gasteiger partial charge in [0.15, 0.2) is 0 Å². The molecule has 2 atom stereocenters. The molecule has 90 valence electrons. The molecule has 0 aliphatic heterocycles. The van der Waals surface area contributed by atoms with Crippen molar-refractivity contribution in [2.24, 2.45) is 0 Å². The first kappa shape index (κ1) is 14.6. The number of aldehydes is 1. The molecule has 0 heterocycles. The lowest BCUT2D eigenvalue weighted by atomic mass is 10.0. The van der Waals surface area contributed by atoms with E-state index in [2.05, 4.69) is 52.2 Å². The third kappa shape index (κ3) is 7.51. The smallest absolute Gasteiger partial charge is 0.138 e. The van der Waals surface area contributed by atoms with Crippen LogP contribution in [-0.2, 0) is 4.79 Å². The van der Waals surface area contributed by atoms with E-state index >= 15 is 0 Å². The van der Waals surface area contributed by atoms with Crippen LogP contribution >= 0.6 is 0 Å². The van der Waals surface area contributed by atoms with E-state index in [1.807, 2.05) is 6.92 Å². The molecule has 0 saturated carbocycles. The average molecular weight is 214 g/mol. The molecule has 0 spiro atoms. The van der Waals surface area contributed by atoms with E-state index in [0.717, 1.165) is 6.29 Å². The molecule has 0 fully saturated rings. The summed E-state index contributed by atoms with van der Waals surface area (Å²) in [6, 6.07) is -0.0223. The van der Waals surface area contributed by atoms with E-state index in [1.54, 1.807) is 0 Å². The minimum absolute atomic E-state index is 0.0280. The first-order valence-corrected chi connectivity index (χ1v) is 5.56. The Labute approximate surface area is 94.0 Å². The van der Waals surface area contributed by atoms with Gasteiger partial charge in [0, 0.05) is 17.1 Å². The second-order valence-corrected chi connectivity index (χ2v) is 6.24. The fourth-order valence-electron chi connectivity index (χ4n) is 1.55. The summed E-state index contributed by atoms with van der Waals surface area (Å²) in [5.74, 6) is 0. The Morgan fingerprint density at radius 2 is 1.33 bits per heavy atom. The van der Waals surface area contributed by atoms with Crippen molar-refractivity contribution in [3.8, 4) is 0 Å². The highest BCUT2D eigenvalue weighted by Crippen LogP contribution is 2.06. The molecule has 3 nitrogen and oxygen atoms in total. The largest absolute Gasteiger partial charge is 0.308 e. The van der Waals surface area contributed by atoms with Crippen LogP contribution in [0.1, 0.15) is 48.5 Å². The molecule has 3 heteroatoms. The Balaban J connectivity index is 4.35.